The maximum Gasteiger partial charge on any atom is 0.411 e. The van der Waals surface area contributed by atoms with Gasteiger partial charge in [0.25, 0.3) is 0 Å². The average molecular weight is 416 g/mol. The Morgan fingerprint density at radius 2 is 2.04 bits per heavy atom. The Bertz CT molecular complexity index is 674. The molecular formula is C18H23BrFNO4. The van der Waals surface area contributed by atoms with Crippen LogP contribution in [0.5, 0.6) is 0 Å². The van der Waals surface area contributed by atoms with Crippen LogP contribution in [0.15, 0.2) is 22.7 Å². The van der Waals surface area contributed by atoms with Crippen LogP contribution >= 0.6 is 15.9 Å². The lowest BCUT2D eigenvalue weighted by molar-refractivity contribution is -0.153. The van der Waals surface area contributed by atoms with Crippen molar-refractivity contribution in [3.63, 3.8) is 0 Å². The van der Waals surface area contributed by atoms with Crippen molar-refractivity contribution in [3.05, 3.63) is 34.1 Å². The van der Waals surface area contributed by atoms with Crippen LogP contribution in [-0.4, -0.2) is 41.8 Å². The molecule has 0 aromatic heterocycles. The highest BCUT2D eigenvalue weighted by atomic mass is 79.9. The van der Waals surface area contributed by atoms with Crippen molar-refractivity contribution in [2.45, 2.75) is 51.2 Å². The summed E-state index contributed by atoms with van der Waals surface area (Å²) in [6.45, 7) is 5.73. The molecule has 1 atom stereocenters. The third kappa shape index (κ3) is 4.32. The van der Waals surface area contributed by atoms with E-state index in [4.69, 9.17) is 9.47 Å². The SMILES string of the molecule is COC(=O)C1(Cc2ccc(F)cc2Br)CCCN1C(=O)OC(C)(C)C. The quantitative estimate of drug-likeness (QED) is 0.698. The molecule has 0 spiro atoms. The Kier molecular flexibility index (Phi) is 5.76. The van der Waals surface area contributed by atoms with E-state index in [9.17, 15) is 14.0 Å². The molecule has 1 unspecified atom stereocenters. The first-order valence-electron chi connectivity index (χ1n) is 8.12. The number of halogens is 2. The smallest absolute Gasteiger partial charge is 0.411 e. The fraction of sp³-hybridized carbons (Fsp3) is 0.556. The largest absolute Gasteiger partial charge is 0.467 e. The van der Waals surface area contributed by atoms with Gasteiger partial charge in [-0.05, 0) is 51.3 Å². The molecule has 0 aliphatic carbocycles. The third-order valence-electron chi connectivity index (χ3n) is 4.17. The number of benzene rings is 1. The van der Waals surface area contributed by atoms with Crippen molar-refractivity contribution in [2.24, 2.45) is 0 Å². The van der Waals surface area contributed by atoms with Crippen molar-refractivity contribution in [1.29, 1.82) is 0 Å². The molecule has 7 heteroatoms. The van der Waals surface area contributed by atoms with Crippen LogP contribution < -0.4 is 0 Å². The summed E-state index contributed by atoms with van der Waals surface area (Å²) >= 11 is 3.33. The lowest BCUT2D eigenvalue weighted by atomic mass is 9.88. The number of ether oxygens (including phenoxy) is 2. The number of amides is 1. The maximum atomic E-state index is 13.4. The summed E-state index contributed by atoms with van der Waals surface area (Å²) in [6, 6.07) is 4.28. The van der Waals surface area contributed by atoms with Crippen LogP contribution in [0.1, 0.15) is 39.2 Å². The third-order valence-corrected chi connectivity index (χ3v) is 4.90. The molecule has 1 saturated heterocycles. The second-order valence-corrected chi connectivity index (χ2v) is 8.03. The van der Waals surface area contributed by atoms with Gasteiger partial charge in [0.2, 0.25) is 0 Å². The van der Waals surface area contributed by atoms with Crippen LogP contribution in [0.3, 0.4) is 0 Å². The van der Waals surface area contributed by atoms with Gasteiger partial charge in [0.1, 0.15) is 17.0 Å². The van der Waals surface area contributed by atoms with Crippen LogP contribution in [0.25, 0.3) is 0 Å². The van der Waals surface area contributed by atoms with Crippen LogP contribution in [0, 0.1) is 5.82 Å². The molecule has 2 rings (SSSR count). The summed E-state index contributed by atoms with van der Waals surface area (Å²) in [6.07, 6.45) is 0.795. The molecule has 25 heavy (non-hydrogen) atoms. The number of carbonyl (C=O) groups is 2. The highest BCUT2D eigenvalue weighted by Gasteiger charge is 2.52. The highest BCUT2D eigenvalue weighted by Crippen LogP contribution is 2.37. The molecule has 0 bridgehead atoms. The van der Waals surface area contributed by atoms with Gasteiger partial charge in [-0.25, -0.2) is 14.0 Å². The van der Waals surface area contributed by atoms with Crippen molar-refractivity contribution >= 4 is 28.0 Å². The molecule has 0 N–H and O–H groups in total. The molecule has 5 nitrogen and oxygen atoms in total. The van der Waals surface area contributed by atoms with Gasteiger partial charge in [0.05, 0.1) is 7.11 Å². The molecule has 138 valence electrons. The molecule has 0 radical (unpaired) electrons. The van der Waals surface area contributed by atoms with Gasteiger partial charge in [0, 0.05) is 17.4 Å². The minimum absolute atomic E-state index is 0.222. The Balaban J connectivity index is 2.39. The minimum atomic E-state index is -1.16. The van der Waals surface area contributed by atoms with Gasteiger partial charge < -0.3 is 9.47 Å². The van der Waals surface area contributed by atoms with Crippen LogP contribution in [0.2, 0.25) is 0 Å². The summed E-state index contributed by atoms with van der Waals surface area (Å²) < 4.78 is 24.4. The number of methoxy groups -OCH3 is 1. The lowest BCUT2D eigenvalue weighted by Crippen LogP contribution is -2.56. The van der Waals surface area contributed by atoms with E-state index in [1.807, 2.05) is 0 Å². The van der Waals surface area contributed by atoms with Crippen molar-refractivity contribution in [3.8, 4) is 0 Å². The zero-order valence-corrected chi connectivity index (χ0v) is 16.5. The normalized spacial score (nSPS) is 20.5. The summed E-state index contributed by atoms with van der Waals surface area (Å²) in [4.78, 5) is 26.7. The highest BCUT2D eigenvalue weighted by molar-refractivity contribution is 9.10. The predicted molar refractivity (Wildman–Crippen MR) is 94.7 cm³/mol. The molecule has 1 aromatic rings. The Labute approximate surface area is 155 Å². The molecule has 1 aliphatic heterocycles. The van der Waals surface area contributed by atoms with Gasteiger partial charge in [-0.3, -0.25) is 4.90 Å². The molecular weight excluding hydrogens is 393 g/mol. The second-order valence-electron chi connectivity index (χ2n) is 7.17. The Hall–Kier alpha value is -1.63. The monoisotopic (exact) mass is 415 g/mol. The van der Waals surface area contributed by atoms with Crippen LogP contribution in [0.4, 0.5) is 9.18 Å². The first kappa shape index (κ1) is 19.7. The van der Waals surface area contributed by atoms with E-state index in [2.05, 4.69) is 15.9 Å². The number of carbonyl (C=O) groups excluding carboxylic acids is 2. The molecule has 1 amide bonds. The zero-order chi connectivity index (χ0) is 18.8. The zero-order valence-electron chi connectivity index (χ0n) is 14.9. The molecule has 1 aliphatic rings. The fourth-order valence-electron chi connectivity index (χ4n) is 3.10. The Morgan fingerprint density at radius 1 is 1.36 bits per heavy atom. The first-order valence-corrected chi connectivity index (χ1v) is 8.91. The first-order chi connectivity index (χ1) is 11.6. The number of hydrogen-bond acceptors (Lipinski definition) is 4. The van der Waals surface area contributed by atoms with E-state index < -0.39 is 23.2 Å². The van der Waals surface area contributed by atoms with Crippen molar-refractivity contribution in [2.75, 3.05) is 13.7 Å². The second kappa shape index (κ2) is 7.32. The van der Waals surface area contributed by atoms with Gasteiger partial charge in [-0.2, -0.15) is 0 Å². The van der Waals surface area contributed by atoms with E-state index in [-0.39, 0.29) is 12.2 Å². The maximum absolute atomic E-state index is 13.4. The molecule has 1 aromatic carbocycles. The Morgan fingerprint density at radius 3 is 2.60 bits per heavy atom. The van der Waals surface area contributed by atoms with Gasteiger partial charge in [-0.1, -0.05) is 22.0 Å². The minimum Gasteiger partial charge on any atom is -0.467 e. The number of rotatable bonds is 3. The van der Waals surface area contributed by atoms with Gasteiger partial charge >= 0.3 is 12.1 Å². The number of esters is 1. The summed E-state index contributed by atoms with van der Waals surface area (Å²) in [7, 11) is 1.30. The summed E-state index contributed by atoms with van der Waals surface area (Å²) in [5, 5.41) is 0. The van der Waals surface area contributed by atoms with E-state index in [1.54, 1.807) is 26.8 Å². The molecule has 0 saturated carbocycles. The average Bonchev–Trinajstić information content (AvgIpc) is 2.92. The van der Waals surface area contributed by atoms with Gasteiger partial charge in [-0.15, -0.1) is 0 Å². The van der Waals surface area contributed by atoms with Crippen LogP contribution in [-0.2, 0) is 20.7 Å². The lowest BCUT2D eigenvalue weighted by Gasteiger charge is -2.37. The van der Waals surface area contributed by atoms with Crippen molar-refractivity contribution in [1.82, 2.24) is 4.90 Å². The standard InChI is InChI=1S/C18H23BrFNO4/c1-17(2,3)25-16(23)21-9-5-8-18(21,15(22)24-4)11-12-6-7-13(20)10-14(12)19/h6-7,10H,5,8-9,11H2,1-4H3. The predicted octanol–water partition coefficient (Wildman–Crippen LogP) is 4.07. The fourth-order valence-corrected chi connectivity index (χ4v) is 3.59. The van der Waals surface area contributed by atoms with Crippen molar-refractivity contribution < 1.29 is 23.5 Å². The summed E-state index contributed by atoms with van der Waals surface area (Å²) in [5.74, 6) is -0.870. The molecule has 1 heterocycles. The summed E-state index contributed by atoms with van der Waals surface area (Å²) in [5.41, 5.74) is -1.10. The van der Waals surface area contributed by atoms with Gasteiger partial charge in [0.15, 0.2) is 0 Å². The number of likely N-dealkylation sites (tertiary alicyclic amines) is 1. The van der Waals surface area contributed by atoms with E-state index in [0.29, 0.717) is 23.9 Å². The number of nitrogens with zero attached hydrogens (tertiary/aromatic N) is 1. The van der Waals surface area contributed by atoms with E-state index in [0.717, 1.165) is 5.56 Å². The van der Waals surface area contributed by atoms with E-state index in [1.165, 1.54) is 24.1 Å². The number of hydrogen-bond donors (Lipinski definition) is 0. The topological polar surface area (TPSA) is 55.8 Å². The molecule has 1 fully saturated rings. The van der Waals surface area contributed by atoms with E-state index >= 15 is 0 Å².